The maximum Gasteiger partial charge on any atom is 0.0175 e. The molecular formula is C72H45Br9. The molecule has 0 saturated heterocycles. The standard InChI is InChI=1S/3C24H15Br3/c3*25-22-7-1-16(2-8-22)19-13-20(17-3-9-23(26)10-4-17)15-21(14-19)18-5-11-24(27)12-6-18/h3*1-15H. The summed E-state index contributed by atoms with van der Waals surface area (Å²) in [7, 11) is 0. The van der Waals surface area contributed by atoms with Crippen LogP contribution in [0, 0.1) is 0 Å². The molecule has 12 rings (SSSR count). The van der Waals surface area contributed by atoms with E-state index in [1.54, 1.807) is 0 Å². The monoisotopic (exact) mass is 1620 g/mol. The Hall–Kier alpha value is -5.04. The highest BCUT2D eigenvalue weighted by Crippen LogP contribution is 2.38. The van der Waals surface area contributed by atoms with E-state index in [2.05, 4.69) is 416 Å². The van der Waals surface area contributed by atoms with Crippen LogP contribution in [-0.4, -0.2) is 0 Å². The first kappa shape index (κ1) is 59.1. The van der Waals surface area contributed by atoms with E-state index in [0.717, 1.165) is 40.3 Å². The van der Waals surface area contributed by atoms with Gasteiger partial charge in [-0.25, -0.2) is 0 Å². The van der Waals surface area contributed by atoms with Gasteiger partial charge in [-0.3, -0.25) is 0 Å². The van der Waals surface area contributed by atoms with Gasteiger partial charge in [0.05, 0.1) is 0 Å². The van der Waals surface area contributed by atoms with Gasteiger partial charge in [0.15, 0.2) is 0 Å². The van der Waals surface area contributed by atoms with Crippen molar-refractivity contribution < 1.29 is 0 Å². The second-order valence-corrected chi connectivity index (χ2v) is 27.2. The molecular weight excluding hydrogens is 1580 g/mol. The van der Waals surface area contributed by atoms with E-state index in [0.29, 0.717) is 0 Å². The van der Waals surface area contributed by atoms with Crippen molar-refractivity contribution in [2.75, 3.05) is 0 Å². The minimum absolute atomic E-state index is 1.09. The third-order valence-corrected chi connectivity index (χ3v) is 18.2. The lowest BCUT2D eigenvalue weighted by molar-refractivity contribution is 1.54. The molecule has 0 aliphatic heterocycles. The molecule has 12 aromatic carbocycles. The molecule has 0 atom stereocenters. The van der Waals surface area contributed by atoms with Crippen LogP contribution in [0.15, 0.2) is 313 Å². The van der Waals surface area contributed by atoms with Gasteiger partial charge in [0.25, 0.3) is 0 Å². The van der Waals surface area contributed by atoms with Crippen LogP contribution in [0.1, 0.15) is 0 Å². The predicted molar refractivity (Wildman–Crippen MR) is 378 cm³/mol. The Morgan fingerprint density at radius 2 is 0.173 bits per heavy atom. The van der Waals surface area contributed by atoms with Gasteiger partial charge in [-0.1, -0.05) is 253 Å². The lowest BCUT2D eigenvalue weighted by Gasteiger charge is -2.12. The molecule has 0 spiro atoms. The van der Waals surface area contributed by atoms with Crippen molar-refractivity contribution in [2.24, 2.45) is 0 Å². The zero-order chi connectivity index (χ0) is 56.4. The Bertz CT molecular complexity index is 3160. The molecule has 0 aromatic heterocycles. The van der Waals surface area contributed by atoms with Gasteiger partial charge in [0, 0.05) is 40.3 Å². The molecule has 81 heavy (non-hydrogen) atoms. The molecule has 0 unspecified atom stereocenters. The Morgan fingerprint density at radius 3 is 0.247 bits per heavy atom. The predicted octanol–water partition coefficient (Wildman–Crippen LogP) is 26.9. The molecule has 12 aromatic rings. The van der Waals surface area contributed by atoms with E-state index >= 15 is 0 Å². The van der Waals surface area contributed by atoms with Crippen LogP contribution in [0.4, 0.5) is 0 Å². The number of hydrogen-bond acceptors (Lipinski definition) is 0. The number of rotatable bonds is 9. The zero-order valence-corrected chi connectivity index (χ0v) is 57.2. The summed E-state index contributed by atoms with van der Waals surface area (Å²) < 4.78 is 9.78. The maximum atomic E-state index is 3.52. The molecule has 0 amide bonds. The van der Waals surface area contributed by atoms with Crippen molar-refractivity contribution >= 4 is 143 Å². The van der Waals surface area contributed by atoms with Crippen LogP contribution in [0.25, 0.3) is 100 Å². The van der Waals surface area contributed by atoms with Gasteiger partial charge < -0.3 is 0 Å². The second-order valence-electron chi connectivity index (χ2n) is 19.0. The molecule has 9 heteroatoms. The molecule has 0 saturated carbocycles. The number of halogens is 9. The molecule has 0 aliphatic rings. The fraction of sp³-hybridized carbons (Fsp3) is 0. The second kappa shape index (κ2) is 28.0. The molecule has 0 heterocycles. The Labute approximate surface area is 550 Å². The first-order valence-electron chi connectivity index (χ1n) is 25.5. The van der Waals surface area contributed by atoms with Crippen molar-refractivity contribution in [1.29, 1.82) is 0 Å². The fourth-order valence-electron chi connectivity index (χ4n) is 9.16. The minimum Gasteiger partial charge on any atom is -0.0533 e. The highest BCUT2D eigenvalue weighted by molar-refractivity contribution is 9.12. The summed E-state index contributed by atoms with van der Waals surface area (Å²) in [4.78, 5) is 0. The molecule has 0 nitrogen and oxygen atoms in total. The highest BCUT2D eigenvalue weighted by Gasteiger charge is 2.12. The quantitative estimate of drug-likeness (QED) is 0.135. The highest BCUT2D eigenvalue weighted by atomic mass is 79.9. The summed E-state index contributed by atoms with van der Waals surface area (Å²) in [5, 5.41) is 0. The van der Waals surface area contributed by atoms with Gasteiger partial charge in [-0.15, -0.1) is 0 Å². The van der Waals surface area contributed by atoms with Crippen LogP contribution in [0.2, 0.25) is 0 Å². The van der Waals surface area contributed by atoms with Gasteiger partial charge >= 0.3 is 0 Å². The van der Waals surface area contributed by atoms with Crippen LogP contribution >= 0.6 is 143 Å². The summed E-state index contributed by atoms with van der Waals surface area (Å²) in [6, 6.07) is 96.5. The normalized spacial score (nSPS) is 10.8. The lowest BCUT2D eigenvalue weighted by atomic mass is 9.93. The molecule has 396 valence electrons. The SMILES string of the molecule is Brc1ccc(-c2cc(-c3ccc(Br)cc3)cc(-c3ccc(Br)cc3)c2)cc1.Brc1ccc(-c2cc(-c3ccc(Br)cc3)cc(-c3ccc(Br)cc3)c2)cc1.Brc1ccc(-c2cc(-c3ccc(Br)cc3)cc(-c3ccc(Br)cc3)c2)cc1. The minimum atomic E-state index is 1.09. The first-order chi connectivity index (χ1) is 39.2. The van der Waals surface area contributed by atoms with Crippen molar-refractivity contribution in [3.8, 4) is 100 Å². The van der Waals surface area contributed by atoms with Gasteiger partial charge in [0.1, 0.15) is 0 Å². The summed E-state index contributed by atoms with van der Waals surface area (Å²) in [6.07, 6.45) is 0. The van der Waals surface area contributed by atoms with Gasteiger partial charge in [0.2, 0.25) is 0 Å². The van der Waals surface area contributed by atoms with Crippen molar-refractivity contribution in [3.63, 3.8) is 0 Å². The lowest BCUT2D eigenvalue weighted by Crippen LogP contribution is -1.86. The average molecular weight is 1630 g/mol. The van der Waals surface area contributed by atoms with E-state index in [1.165, 1.54) is 100 Å². The summed E-state index contributed by atoms with van der Waals surface area (Å²) in [5.74, 6) is 0. The number of benzene rings is 12. The van der Waals surface area contributed by atoms with Crippen molar-refractivity contribution in [1.82, 2.24) is 0 Å². The van der Waals surface area contributed by atoms with Crippen LogP contribution in [0.5, 0.6) is 0 Å². The third kappa shape index (κ3) is 16.2. The Kier molecular flexibility index (Phi) is 20.5. The first-order valence-corrected chi connectivity index (χ1v) is 32.7. The third-order valence-electron chi connectivity index (χ3n) is 13.4. The topological polar surface area (TPSA) is 0 Å². The fourth-order valence-corrected chi connectivity index (χ4v) is 11.5. The molecule has 0 aliphatic carbocycles. The summed E-state index contributed by atoms with van der Waals surface area (Å²) >= 11 is 31.7. The number of hydrogen-bond donors (Lipinski definition) is 0. The Balaban J connectivity index is 0.000000136. The van der Waals surface area contributed by atoms with E-state index in [1.807, 2.05) is 0 Å². The summed E-state index contributed by atoms with van der Waals surface area (Å²) in [6.45, 7) is 0. The van der Waals surface area contributed by atoms with Gasteiger partial charge in [-0.05, 0) is 264 Å². The van der Waals surface area contributed by atoms with E-state index < -0.39 is 0 Å². The van der Waals surface area contributed by atoms with Gasteiger partial charge in [-0.2, -0.15) is 0 Å². The van der Waals surface area contributed by atoms with Crippen LogP contribution < -0.4 is 0 Å². The zero-order valence-electron chi connectivity index (χ0n) is 42.9. The molecule has 0 fully saturated rings. The van der Waals surface area contributed by atoms with Crippen molar-refractivity contribution in [2.45, 2.75) is 0 Å². The summed E-state index contributed by atoms with van der Waals surface area (Å²) in [5.41, 5.74) is 21.7. The van der Waals surface area contributed by atoms with E-state index in [-0.39, 0.29) is 0 Å². The van der Waals surface area contributed by atoms with E-state index in [4.69, 9.17) is 0 Å². The largest absolute Gasteiger partial charge is 0.0533 e. The Morgan fingerprint density at radius 1 is 0.0988 bits per heavy atom. The van der Waals surface area contributed by atoms with Crippen molar-refractivity contribution in [3.05, 3.63) is 313 Å². The molecule has 0 radical (unpaired) electrons. The smallest absolute Gasteiger partial charge is 0.0175 e. The molecule has 0 N–H and O–H groups in total. The average Bonchev–Trinajstić information content (AvgIpc) is 3.50. The molecule has 0 bridgehead atoms. The van der Waals surface area contributed by atoms with Crippen LogP contribution in [0.3, 0.4) is 0 Å². The maximum absolute atomic E-state index is 3.52. The van der Waals surface area contributed by atoms with E-state index in [9.17, 15) is 0 Å². The van der Waals surface area contributed by atoms with Crippen LogP contribution in [-0.2, 0) is 0 Å².